The summed E-state index contributed by atoms with van der Waals surface area (Å²) in [6, 6.07) is 0. The smallest absolute Gasteiger partial charge is 0.0260 e. The summed E-state index contributed by atoms with van der Waals surface area (Å²) in [5.74, 6) is 3.25. The molecule has 1 unspecified atom stereocenters. The standard InChI is InChI=1S/C7H14OS/c1-6-3-7(2)5-9(8)4-6/h6-7H,3-5H2,1-2H3/t6-,7+,9?. The Kier molecular flexibility index (Phi) is 2.28. The fourth-order valence-electron chi connectivity index (χ4n) is 1.53. The van der Waals surface area contributed by atoms with Crippen LogP contribution in [-0.2, 0) is 10.8 Å². The van der Waals surface area contributed by atoms with Gasteiger partial charge in [-0.1, -0.05) is 13.8 Å². The third-order valence-electron chi connectivity index (χ3n) is 1.75. The first kappa shape index (κ1) is 7.26. The zero-order valence-electron chi connectivity index (χ0n) is 6.09. The first-order valence-electron chi connectivity index (χ1n) is 3.53. The highest BCUT2D eigenvalue weighted by Crippen LogP contribution is 2.19. The van der Waals surface area contributed by atoms with Crippen molar-refractivity contribution < 1.29 is 4.21 Å². The minimum Gasteiger partial charge on any atom is -0.260 e. The van der Waals surface area contributed by atoms with Gasteiger partial charge in [-0.05, 0) is 18.3 Å². The van der Waals surface area contributed by atoms with Gasteiger partial charge in [0.15, 0.2) is 0 Å². The molecule has 0 saturated carbocycles. The van der Waals surface area contributed by atoms with E-state index in [0.717, 1.165) is 11.5 Å². The van der Waals surface area contributed by atoms with Crippen LogP contribution in [0.2, 0.25) is 0 Å². The molecule has 1 rings (SSSR count). The molecule has 0 aromatic heterocycles. The molecule has 0 aromatic rings. The van der Waals surface area contributed by atoms with Crippen LogP contribution in [0.1, 0.15) is 20.3 Å². The molecule has 0 bridgehead atoms. The molecule has 1 heterocycles. The normalized spacial score (nSPS) is 44.9. The first-order valence-corrected chi connectivity index (χ1v) is 5.02. The molecule has 3 atom stereocenters. The van der Waals surface area contributed by atoms with Crippen molar-refractivity contribution in [3.63, 3.8) is 0 Å². The molecule has 2 heteroatoms. The van der Waals surface area contributed by atoms with E-state index in [-0.39, 0.29) is 0 Å². The Labute approximate surface area is 59.3 Å². The van der Waals surface area contributed by atoms with Crippen LogP contribution in [0.5, 0.6) is 0 Å². The molecule has 54 valence electrons. The Morgan fingerprint density at radius 3 is 2.00 bits per heavy atom. The van der Waals surface area contributed by atoms with Crippen LogP contribution < -0.4 is 0 Å². The maximum absolute atomic E-state index is 11.0. The summed E-state index contributed by atoms with van der Waals surface area (Å²) < 4.78 is 11.0. The highest BCUT2D eigenvalue weighted by atomic mass is 32.2. The number of hydrogen-bond acceptors (Lipinski definition) is 1. The van der Waals surface area contributed by atoms with Crippen LogP contribution in [0.3, 0.4) is 0 Å². The summed E-state index contributed by atoms with van der Waals surface area (Å²) in [7, 11) is -0.500. The molecule has 0 N–H and O–H groups in total. The second kappa shape index (κ2) is 2.82. The SMILES string of the molecule is C[C@@H]1C[C@H](C)CS(=O)C1. The Bertz CT molecular complexity index is 110. The van der Waals surface area contributed by atoms with Crippen LogP contribution in [0, 0.1) is 11.8 Å². The third-order valence-corrected chi connectivity index (χ3v) is 3.63. The molecule has 0 amide bonds. The van der Waals surface area contributed by atoms with Crippen molar-refractivity contribution in [2.24, 2.45) is 11.8 Å². The first-order chi connectivity index (χ1) is 4.18. The molecule has 1 fully saturated rings. The van der Waals surface area contributed by atoms with Crippen LogP contribution in [-0.4, -0.2) is 15.7 Å². The van der Waals surface area contributed by atoms with Crippen molar-refractivity contribution in [3.8, 4) is 0 Å². The molecule has 1 saturated heterocycles. The average molecular weight is 146 g/mol. The van der Waals surface area contributed by atoms with Crippen molar-refractivity contribution in [2.45, 2.75) is 20.3 Å². The predicted octanol–water partition coefficient (Wildman–Crippen LogP) is 1.41. The monoisotopic (exact) mass is 146 g/mol. The van der Waals surface area contributed by atoms with Crippen molar-refractivity contribution >= 4 is 10.8 Å². The highest BCUT2D eigenvalue weighted by molar-refractivity contribution is 7.85. The summed E-state index contributed by atoms with van der Waals surface area (Å²) in [5.41, 5.74) is 0. The number of hydrogen-bond donors (Lipinski definition) is 0. The van der Waals surface area contributed by atoms with Crippen molar-refractivity contribution in [3.05, 3.63) is 0 Å². The summed E-state index contributed by atoms with van der Waals surface area (Å²) in [4.78, 5) is 0. The second-order valence-electron chi connectivity index (χ2n) is 3.22. The van der Waals surface area contributed by atoms with Crippen LogP contribution in [0.25, 0.3) is 0 Å². The van der Waals surface area contributed by atoms with E-state index in [1.165, 1.54) is 6.42 Å². The summed E-state index contributed by atoms with van der Waals surface area (Å²) >= 11 is 0. The van der Waals surface area contributed by atoms with Crippen LogP contribution in [0.15, 0.2) is 0 Å². The van der Waals surface area contributed by atoms with Gasteiger partial charge in [0.05, 0.1) is 0 Å². The molecule has 1 nitrogen and oxygen atoms in total. The number of rotatable bonds is 0. The lowest BCUT2D eigenvalue weighted by atomic mass is 10.0. The lowest BCUT2D eigenvalue weighted by molar-refractivity contribution is 0.453. The van der Waals surface area contributed by atoms with E-state index in [4.69, 9.17) is 0 Å². The van der Waals surface area contributed by atoms with Gasteiger partial charge in [-0.15, -0.1) is 0 Å². The van der Waals surface area contributed by atoms with E-state index in [9.17, 15) is 4.21 Å². The molecule has 1 aliphatic rings. The van der Waals surface area contributed by atoms with E-state index in [2.05, 4.69) is 13.8 Å². The topological polar surface area (TPSA) is 17.1 Å². The van der Waals surface area contributed by atoms with Gasteiger partial charge in [0.1, 0.15) is 0 Å². The van der Waals surface area contributed by atoms with Crippen molar-refractivity contribution in [1.82, 2.24) is 0 Å². The fourth-order valence-corrected chi connectivity index (χ4v) is 3.20. The molecule has 0 aromatic carbocycles. The second-order valence-corrected chi connectivity index (χ2v) is 4.77. The lowest BCUT2D eigenvalue weighted by Gasteiger charge is -2.22. The third kappa shape index (κ3) is 2.09. The fraction of sp³-hybridized carbons (Fsp3) is 1.00. The van der Waals surface area contributed by atoms with Gasteiger partial charge < -0.3 is 0 Å². The molecule has 0 aliphatic carbocycles. The molecule has 0 radical (unpaired) electrons. The van der Waals surface area contributed by atoms with Gasteiger partial charge in [0, 0.05) is 22.3 Å². The van der Waals surface area contributed by atoms with Crippen LogP contribution >= 0.6 is 0 Å². The maximum atomic E-state index is 11.0. The Balaban J connectivity index is 2.43. The minimum absolute atomic E-state index is 0.500. The van der Waals surface area contributed by atoms with Crippen LogP contribution in [0.4, 0.5) is 0 Å². The molecule has 9 heavy (non-hydrogen) atoms. The lowest BCUT2D eigenvalue weighted by Crippen LogP contribution is -2.24. The zero-order valence-corrected chi connectivity index (χ0v) is 6.91. The highest BCUT2D eigenvalue weighted by Gasteiger charge is 2.19. The van der Waals surface area contributed by atoms with Gasteiger partial charge in [-0.2, -0.15) is 0 Å². The van der Waals surface area contributed by atoms with Gasteiger partial charge in [0.25, 0.3) is 0 Å². The summed E-state index contributed by atoms with van der Waals surface area (Å²) in [5, 5.41) is 0. The van der Waals surface area contributed by atoms with Gasteiger partial charge in [-0.25, -0.2) is 0 Å². The molecular weight excluding hydrogens is 132 g/mol. The average Bonchev–Trinajstić information content (AvgIpc) is 1.59. The Morgan fingerprint density at radius 1 is 1.22 bits per heavy atom. The summed E-state index contributed by atoms with van der Waals surface area (Å²) in [6.45, 7) is 4.38. The quantitative estimate of drug-likeness (QED) is 0.505. The molecule has 0 spiro atoms. The van der Waals surface area contributed by atoms with E-state index in [0.29, 0.717) is 11.8 Å². The van der Waals surface area contributed by atoms with Gasteiger partial charge in [-0.3, -0.25) is 4.21 Å². The van der Waals surface area contributed by atoms with E-state index >= 15 is 0 Å². The summed E-state index contributed by atoms with van der Waals surface area (Å²) in [6.07, 6.45) is 1.27. The molecule has 1 aliphatic heterocycles. The van der Waals surface area contributed by atoms with E-state index in [1.54, 1.807) is 0 Å². The minimum atomic E-state index is -0.500. The van der Waals surface area contributed by atoms with E-state index in [1.807, 2.05) is 0 Å². The molecular formula is C7H14OS. The van der Waals surface area contributed by atoms with Crippen molar-refractivity contribution in [2.75, 3.05) is 11.5 Å². The zero-order chi connectivity index (χ0) is 6.85. The Morgan fingerprint density at radius 2 is 1.67 bits per heavy atom. The largest absolute Gasteiger partial charge is 0.260 e. The van der Waals surface area contributed by atoms with Gasteiger partial charge in [0.2, 0.25) is 0 Å². The van der Waals surface area contributed by atoms with Gasteiger partial charge >= 0.3 is 0 Å². The maximum Gasteiger partial charge on any atom is 0.0260 e. The predicted molar refractivity (Wildman–Crippen MR) is 40.8 cm³/mol. The Hall–Kier alpha value is 0.150. The van der Waals surface area contributed by atoms with E-state index < -0.39 is 10.8 Å². The van der Waals surface area contributed by atoms with Crippen molar-refractivity contribution in [1.29, 1.82) is 0 Å².